The van der Waals surface area contributed by atoms with Crippen molar-refractivity contribution in [2.24, 2.45) is 5.92 Å². The predicted molar refractivity (Wildman–Crippen MR) is 74.7 cm³/mol. The van der Waals surface area contributed by atoms with Gasteiger partial charge in [0.2, 0.25) is 5.91 Å². The number of carbonyl (C=O) groups is 2. The Bertz CT molecular complexity index is 568. The lowest BCUT2D eigenvalue weighted by Crippen LogP contribution is -2.48. The van der Waals surface area contributed by atoms with E-state index in [1.54, 1.807) is 0 Å². The summed E-state index contributed by atoms with van der Waals surface area (Å²) in [4.78, 5) is 23.0. The zero-order valence-corrected chi connectivity index (χ0v) is 12.2. The van der Waals surface area contributed by atoms with Crippen molar-refractivity contribution in [3.8, 4) is 5.75 Å². The zero-order chi connectivity index (χ0) is 14.3. The van der Waals surface area contributed by atoms with Gasteiger partial charge in [-0.05, 0) is 31.0 Å². The number of benzene rings is 1. The van der Waals surface area contributed by atoms with Gasteiger partial charge in [0.25, 0.3) is 0 Å². The Balaban J connectivity index is 1.63. The van der Waals surface area contributed by atoms with E-state index >= 15 is 0 Å². The lowest BCUT2D eigenvalue weighted by molar-refractivity contribution is -0.146. The summed E-state index contributed by atoms with van der Waals surface area (Å²) in [6.07, 6.45) is 1.03. The molecule has 1 aromatic carbocycles. The van der Waals surface area contributed by atoms with Crippen LogP contribution in [0.4, 0.5) is 0 Å². The van der Waals surface area contributed by atoms with Crippen LogP contribution in [-0.2, 0) is 9.59 Å². The molecule has 3 rings (SSSR count). The van der Waals surface area contributed by atoms with E-state index in [-0.39, 0.29) is 23.8 Å². The highest BCUT2D eigenvalue weighted by molar-refractivity contribution is 9.10. The summed E-state index contributed by atoms with van der Waals surface area (Å²) in [7, 11) is 0. The van der Waals surface area contributed by atoms with E-state index in [2.05, 4.69) is 21.2 Å². The van der Waals surface area contributed by atoms with Crippen LogP contribution < -0.4 is 10.1 Å². The number of amides is 1. The fraction of sp³-hybridized carbons (Fsp3) is 0.429. The molecule has 0 radical (unpaired) electrons. The summed E-state index contributed by atoms with van der Waals surface area (Å²) in [5.41, 5.74) is 0.881. The van der Waals surface area contributed by atoms with E-state index < -0.39 is 5.97 Å². The molecule has 1 aliphatic heterocycles. The van der Waals surface area contributed by atoms with Crippen molar-refractivity contribution in [3.05, 3.63) is 28.2 Å². The Morgan fingerprint density at radius 2 is 2.10 bits per heavy atom. The minimum absolute atomic E-state index is 0.0280. The lowest BCUT2D eigenvalue weighted by atomic mass is 9.80. The summed E-state index contributed by atoms with van der Waals surface area (Å²) < 4.78 is 6.42. The van der Waals surface area contributed by atoms with Gasteiger partial charge in [-0.25, -0.2) is 0 Å². The van der Waals surface area contributed by atoms with Crippen LogP contribution in [0.2, 0.25) is 0 Å². The van der Waals surface area contributed by atoms with Gasteiger partial charge in [0.05, 0.1) is 5.92 Å². The molecule has 1 heterocycles. The molecule has 1 unspecified atom stereocenters. The van der Waals surface area contributed by atoms with Crippen molar-refractivity contribution < 1.29 is 19.4 Å². The first kappa shape index (κ1) is 13.4. The highest BCUT2D eigenvalue weighted by Gasteiger charge is 2.38. The van der Waals surface area contributed by atoms with E-state index in [4.69, 9.17) is 9.84 Å². The van der Waals surface area contributed by atoms with E-state index in [9.17, 15) is 9.59 Å². The van der Waals surface area contributed by atoms with Crippen LogP contribution in [0, 0.1) is 5.92 Å². The van der Waals surface area contributed by atoms with Crippen LogP contribution in [0.25, 0.3) is 0 Å². The molecule has 0 bridgehead atoms. The predicted octanol–water partition coefficient (Wildman–Crippen LogP) is 1.90. The second-order valence-electron chi connectivity index (χ2n) is 5.26. The van der Waals surface area contributed by atoms with Crippen molar-refractivity contribution >= 4 is 27.8 Å². The first-order valence-corrected chi connectivity index (χ1v) is 7.29. The van der Waals surface area contributed by atoms with Crippen LogP contribution >= 0.6 is 15.9 Å². The molecule has 0 aromatic heterocycles. The van der Waals surface area contributed by atoms with Crippen LogP contribution in [-0.4, -0.2) is 29.6 Å². The number of nitrogens with one attached hydrogen (secondary N) is 1. The fourth-order valence-corrected chi connectivity index (χ4v) is 3.02. The molecular formula is C14H14BrNO4. The molecule has 1 saturated carbocycles. The van der Waals surface area contributed by atoms with E-state index in [1.165, 1.54) is 0 Å². The first-order chi connectivity index (χ1) is 9.54. The Labute approximate surface area is 124 Å². The summed E-state index contributed by atoms with van der Waals surface area (Å²) in [6.45, 7) is 0.340. The Morgan fingerprint density at radius 1 is 1.35 bits per heavy atom. The standard InChI is InChI=1S/C14H14BrNO4/c15-8-1-2-12-10(5-8)11(6-20-12)13(17)16-9-3-7(4-9)14(18)19/h1-2,5,7,9,11H,3-4,6H2,(H,16,17)(H,18,19). The van der Waals surface area contributed by atoms with Crippen LogP contribution in [0.5, 0.6) is 5.75 Å². The number of aliphatic carboxylic acids is 1. The Morgan fingerprint density at radius 3 is 2.80 bits per heavy atom. The van der Waals surface area contributed by atoms with Crippen molar-refractivity contribution in [3.63, 3.8) is 0 Å². The van der Waals surface area contributed by atoms with Gasteiger partial charge in [-0.3, -0.25) is 9.59 Å². The molecule has 1 fully saturated rings. The molecule has 1 amide bonds. The van der Waals surface area contributed by atoms with Gasteiger partial charge >= 0.3 is 5.97 Å². The molecule has 1 atom stereocenters. The van der Waals surface area contributed by atoms with Crippen molar-refractivity contribution in [1.82, 2.24) is 5.32 Å². The smallest absolute Gasteiger partial charge is 0.306 e. The van der Waals surface area contributed by atoms with Gasteiger partial charge < -0.3 is 15.2 Å². The molecule has 1 aliphatic carbocycles. The van der Waals surface area contributed by atoms with Gasteiger partial charge in [0.1, 0.15) is 18.3 Å². The largest absolute Gasteiger partial charge is 0.492 e. The minimum Gasteiger partial charge on any atom is -0.492 e. The van der Waals surface area contributed by atoms with Gasteiger partial charge in [0.15, 0.2) is 0 Å². The van der Waals surface area contributed by atoms with Crippen molar-refractivity contribution in [2.75, 3.05) is 6.61 Å². The topological polar surface area (TPSA) is 75.6 Å². The lowest BCUT2D eigenvalue weighted by Gasteiger charge is -2.33. The molecule has 2 aliphatic rings. The average molecular weight is 340 g/mol. The maximum atomic E-state index is 12.2. The number of rotatable bonds is 3. The van der Waals surface area contributed by atoms with Gasteiger partial charge in [-0.15, -0.1) is 0 Å². The second kappa shape index (κ2) is 5.09. The molecule has 106 valence electrons. The number of hydrogen-bond donors (Lipinski definition) is 2. The fourth-order valence-electron chi connectivity index (χ4n) is 2.64. The van der Waals surface area contributed by atoms with Gasteiger partial charge in [-0.2, -0.15) is 0 Å². The maximum Gasteiger partial charge on any atom is 0.306 e. The molecule has 0 saturated heterocycles. The van der Waals surface area contributed by atoms with Crippen LogP contribution in [0.1, 0.15) is 24.3 Å². The van der Waals surface area contributed by atoms with Gasteiger partial charge in [0, 0.05) is 16.1 Å². The van der Waals surface area contributed by atoms with Crippen LogP contribution in [0.15, 0.2) is 22.7 Å². The molecule has 2 N–H and O–H groups in total. The van der Waals surface area contributed by atoms with Crippen molar-refractivity contribution in [2.45, 2.75) is 24.8 Å². The highest BCUT2D eigenvalue weighted by atomic mass is 79.9. The molecular weight excluding hydrogens is 326 g/mol. The molecule has 1 aromatic rings. The molecule has 20 heavy (non-hydrogen) atoms. The Kier molecular flexibility index (Phi) is 3.41. The number of fused-ring (bicyclic) bond motifs is 1. The monoisotopic (exact) mass is 339 g/mol. The third-order valence-corrected chi connectivity index (χ3v) is 4.40. The normalized spacial score (nSPS) is 27.1. The van der Waals surface area contributed by atoms with Gasteiger partial charge in [-0.1, -0.05) is 15.9 Å². The van der Waals surface area contributed by atoms with Crippen molar-refractivity contribution in [1.29, 1.82) is 0 Å². The number of hydrogen-bond acceptors (Lipinski definition) is 3. The quantitative estimate of drug-likeness (QED) is 0.881. The van der Waals surface area contributed by atoms with E-state index in [1.807, 2.05) is 18.2 Å². The average Bonchev–Trinajstić information content (AvgIpc) is 2.75. The number of carbonyl (C=O) groups excluding carboxylic acids is 1. The van der Waals surface area contributed by atoms with Crippen LogP contribution in [0.3, 0.4) is 0 Å². The van der Waals surface area contributed by atoms with E-state index in [0.29, 0.717) is 19.4 Å². The summed E-state index contributed by atoms with van der Waals surface area (Å²) in [5, 5.41) is 11.7. The maximum absolute atomic E-state index is 12.2. The number of halogens is 1. The third-order valence-electron chi connectivity index (χ3n) is 3.90. The second-order valence-corrected chi connectivity index (χ2v) is 6.17. The summed E-state index contributed by atoms with van der Waals surface area (Å²) >= 11 is 3.39. The van der Waals surface area contributed by atoms with E-state index in [0.717, 1.165) is 15.8 Å². The molecule has 5 nitrogen and oxygen atoms in total. The number of carboxylic acids is 1. The molecule has 0 spiro atoms. The summed E-state index contributed by atoms with van der Waals surface area (Å²) in [5.74, 6) is -0.761. The molecule has 6 heteroatoms. The highest BCUT2D eigenvalue weighted by Crippen LogP contribution is 2.36. The Hall–Kier alpha value is -1.56. The zero-order valence-electron chi connectivity index (χ0n) is 10.6. The first-order valence-electron chi connectivity index (χ1n) is 6.50. The minimum atomic E-state index is -0.783. The third kappa shape index (κ3) is 2.40. The number of ether oxygens (including phenoxy) is 1. The number of carboxylic acid groups (broad SMARTS) is 1. The summed E-state index contributed by atoms with van der Waals surface area (Å²) in [6, 6.07) is 5.59. The SMILES string of the molecule is O=C(O)C1CC(NC(=O)C2COc3ccc(Br)cc32)C1.